The lowest BCUT2D eigenvalue weighted by Gasteiger charge is -2.38. The number of hydrogen-bond donors (Lipinski definition) is 0. The molecule has 1 heterocycles. The molecule has 3 aromatic rings. The summed E-state index contributed by atoms with van der Waals surface area (Å²) in [6, 6.07) is 21.5. The van der Waals surface area contributed by atoms with E-state index in [2.05, 4.69) is 60.4 Å². The van der Waals surface area contributed by atoms with Gasteiger partial charge in [0.1, 0.15) is 0 Å². The molecule has 156 valence electrons. The number of methoxy groups -OCH3 is 2. The average molecular weight is 422 g/mol. The van der Waals surface area contributed by atoms with Crippen molar-refractivity contribution in [2.45, 2.75) is 32.4 Å². The van der Waals surface area contributed by atoms with Gasteiger partial charge in [0.2, 0.25) is 0 Å². The van der Waals surface area contributed by atoms with Gasteiger partial charge in [-0.1, -0.05) is 54.9 Å². The van der Waals surface area contributed by atoms with E-state index in [0.717, 1.165) is 42.5 Å². The molecular formula is C26H28ClNO2. The van der Waals surface area contributed by atoms with Gasteiger partial charge in [-0.05, 0) is 64.9 Å². The van der Waals surface area contributed by atoms with Crippen molar-refractivity contribution in [1.82, 2.24) is 4.90 Å². The van der Waals surface area contributed by atoms with Gasteiger partial charge in [-0.15, -0.1) is 0 Å². The first kappa shape index (κ1) is 20.8. The Labute approximate surface area is 184 Å². The maximum atomic E-state index is 6.38. The zero-order valence-electron chi connectivity index (χ0n) is 17.8. The highest BCUT2D eigenvalue weighted by molar-refractivity contribution is 6.30. The van der Waals surface area contributed by atoms with Crippen LogP contribution in [0, 0.1) is 0 Å². The standard InChI is InChI=1S/C26H28ClNO2/c1-4-18-8-10-19(11-9-18)17-28-13-12-20-15-24(29-2)25(30-3)16-23(20)26(28)21-6-5-7-22(27)14-21/h5-11,14-16,26H,4,12-13,17H2,1-3H3/t26-/m1/s1. The molecule has 4 rings (SSSR count). The smallest absolute Gasteiger partial charge is 0.161 e. The summed E-state index contributed by atoms with van der Waals surface area (Å²) in [4.78, 5) is 2.53. The lowest BCUT2D eigenvalue weighted by molar-refractivity contribution is 0.203. The van der Waals surface area contributed by atoms with Crippen LogP contribution in [0.25, 0.3) is 0 Å². The normalized spacial score (nSPS) is 16.2. The Hall–Kier alpha value is -2.49. The van der Waals surface area contributed by atoms with Crippen LogP contribution < -0.4 is 9.47 Å². The van der Waals surface area contributed by atoms with Gasteiger partial charge in [0.25, 0.3) is 0 Å². The number of rotatable bonds is 6. The molecule has 0 aliphatic carbocycles. The SMILES string of the molecule is CCc1ccc(CN2CCc3cc(OC)c(OC)cc3[C@H]2c2cccc(Cl)c2)cc1. The predicted molar refractivity (Wildman–Crippen MR) is 123 cm³/mol. The molecule has 4 heteroatoms. The Morgan fingerprint density at radius 3 is 2.30 bits per heavy atom. The summed E-state index contributed by atoms with van der Waals surface area (Å²) in [5, 5.41) is 0.757. The molecule has 0 unspecified atom stereocenters. The Kier molecular flexibility index (Phi) is 6.31. The number of halogens is 1. The second kappa shape index (κ2) is 9.11. The Bertz CT molecular complexity index is 1020. The quantitative estimate of drug-likeness (QED) is 0.482. The zero-order valence-corrected chi connectivity index (χ0v) is 18.6. The van der Waals surface area contributed by atoms with E-state index in [0.29, 0.717) is 0 Å². The Morgan fingerprint density at radius 2 is 1.63 bits per heavy atom. The van der Waals surface area contributed by atoms with Crippen LogP contribution in [0.5, 0.6) is 11.5 Å². The van der Waals surface area contributed by atoms with Gasteiger partial charge in [-0.2, -0.15) is 0 Å². The van der Waals surface area contributed by atoms with Gasteiger partial charge in [-0.25, -0.2) is 0 Å². The lowest BCUT2D eigenvalue weighted by Crippen LogP contribution is -2.35. The summed E-state index contributed by atoms with van der Waals surface area (Å²) in [7, 11) is 3.38. The van der Waals surface area contributed by atoms with E-state index in [-0.39, 0.29) is 6.04 Å². The van der Waals surface area contributed by atoms with Crippen LogP contribution in [0.4, 0.5) is 0 Å². The third-order valence-corrected chi connectivity index (χ3v) is 6.19. The van der Waals surface area contributed by atoms with Crippen LogP contribution in [0.3, 0.4) is 0 Å². The third-order valence-electron chi connectivity index (χ3n) is 5.95. The van der Waals surface area contributed by atoms with Crippen molar-refractivity contribution < 1.29 is 9.47 Å². The van der Waals surface area contributed by atoms with Gasteiger partial charge >= 0.3 is 0 Å². The van der Waals surface area contributed by atoms with E-state index < -0.39 is 0 Å². The fourth-order valence-corrected chi connectivity index (χ4v) is 4.55. The van der Waals surface area contributed by atoms with Crippen molar-refractivity contribution in [3.05, 3.63) is 93.5 Å². The van der Waals surface area contributed by atoms with E-state index in [1.165, 1.54) is 27.8 Å². The molecule has 1 aliphatic rings. The van der Waals surface area contributed by atoms with Crippen molar-refractivity contribution in [3.63, 3.8) is 0 Å². The molecule has 0 fully saturated rings. The molecule has 0 N–H and O–H groups in total. The average Bonchev–Trinajstić information content (AvgIpc) is 2.78. The number of benzene rings is 3. The highest BCUT2D eigenvalue weighted by Gasteiger charge is 2.30. The molecule has 0 saturated carbocycles. The first-order valence-corrected chi connectivity index (χ1v) is 10.8. The molecule has 0 aromatic heterocycles. The number of aryl methyl sites for hydroxylation is 1. The molecule has 3 aromatic carbocycles. The molecule has 30 heavy (non-hydrogen) atoms. The van der Waals surface area contributed by atoms with Crippen molar-refractivity contribution in [2.24, 2.45) is 0 Å². The number of nitrogens with zero attached hydrogens (tertiary/aromatic N) is 1. The molecule has 0 bridgehead atoms. The van der Waals surface area contributed by atoms with E-state index in [9.17, 15) is 0 Å². The summed E-state index contributed by atoms with van der Waals surface area (Å²) in [5.74, 6) is 1.54. The maximum absolute atomic E-state index is 6.38. The molecule has 1 aliphatic heterocycles. The van der Waals surface area contributed by atoms with E-state index in [1.807, 2.05) is 12.1 Å². The Morgan fingerprint density at radius 1 is 0.933 bits per heavy atom. The van der Waals surface area contributed by atoms with Crippen molar-refractivity contribution >= 4 is 11.6 Å². The second-order valence-corrected chi connectivity index (χ2v) is 8.19. The minimum atomic E-state index is 0.109. The fourth-order valence-electron chi connectivity index (χ4n) is 4.35. The van der Waals surface area contributed by atoms with E-state index >= 15 is 0 Å². The minimum absolute atomic E-state index is 0.109. The highest BCUT2D eigenvalue weighted by atomic mass is 35.5. The fraction of sp³-hybridized carbons (Fsp3) is 0.308. The third kappa shape index (κ3) is 4.19. The van der Waals surface area contributed by atoms with Crippen molar-refractivity contribution in [1.29, 1.82) is 0 Å². The van der Waals surface area contributed by atoms with Crippen molar-refractivity contribution in [2.75, 3.05) is 20.8 Å². The monoisotopic (exact) mass is 421 g/mol. The predicted octanol–water partition coefficient (Wildman–Crippen LogP) is 6.07. The van der Waals surface area contributed by atoms with Crippen molar-refractivity contribution in [3.8, 4) is 11.5 Å². The van der Waals surface area contributed by atoms with Crippen LogP contribution in [-0.4, -0.2) is 25.7 Å². The number of ether oxygens (including phenoxy) is 2. The van der Waals surface area contributed by atoms with Crippen LogP contribution >= 0.6 is 11.6 Å². The molecule has 0 saturated heterocycles. The zero-order chi connectivity index (χ0) is 21.1. The largest absolute Gasteiger partial charge is 0.493 e. The number of hydrogen-bond acceptors (Lipinski definition) is 3. The van der Waals surface area contributed by atoms with E-state index in [1.54, 1.807) is 14.2 Å². The molecule has 3 nitrogen and oxygen atoms in total. The van der Waals surface area contributed by atoms with E-state index in [4.69, 9.17) is 21.1 Å². The molecule has 1 atom stereocenters. The number of fused-ring (bicyclic) bond motifs is 1. The van der Waals surface area contributed by atoms with Gasteiger partial charge in [0.05, 0.1) is 20.3 Å². The molecule has 0 radical (unpaired) electrons. The maximum Gasteiger partial charge on any atom is 0.161 e. The summed E-state index contributed by atoms with van der Waals surface area (Å²) in [5.41, 5.74) is 6.44. The first-order valence-electron chi connectivity index (χ1n) is 10.4. The lowest BCUT2D eigenvalue weighted by atomic mass is 9.87. The summed E-state index contributed by atoms with van der Waals surface area (Å²) >= 11 is 6.38. The van der Waals surface area contributed by atoms with Gasteiger partial charge in [-0.3, -0.25) is 4.90 Å². The summed E-state index contributed by atoms with van der Waals surface area (Å²) < 4.78 is 11.2. The summed E-state index contributed by atoms with van der Waals surface area (Å²) in [6.07, 6.45) is 2.03. The Balaban J connectivity index is 1.76. The molecule has 0 amide bonds. The van der Waals surface area contributed by atoms with Gasteiger partial charge in [0, 0.05) is 18.1 Å². The highest BCUT2D eigenvalue weighted by Crippen LogP contribution is 2.41. The minimum Gasteiger partial charge on any atom is -0.493 e. The topological polar surface area (TPSA) is 21.7 Å². The van der Waals surface area contributed by atoms with Gasteiger partial charge < -0.3 is 9.47 Å². The van der Waals surface area contributed by atoms with Crippen LogP contribution in [-0.2, 0) is 19.4 Å². The molecular weight excluding hydrogens is 394 g/mol. The second-order valence-electron chi connectivity index (χ2n) is 7.75. The van der Waals surface area contributed by atoms with Crippen LogP contribution in [0.1, 0.15) is 40.8 Å². The van der Waals surface area contributed by atoms with Crippen LogP contribution in [0.2, 0.25) is 5.02 Å². The first-order chi connectivity index (χ1) is 14.6. The van der Waals surface area contributed by atoms with Gasteiger partial charge in [0.15, 0.2) is 11.5 Å². The molecule has 0 spiro atoms. The summed E-state index contributed by atoms with van der Waals surface area (Å²) in [6.45, 7) is 4.04. The van der Waals surface area contributed by atoms with Crippen LogP contribution in [0.15, 0.2) is 60.7 Å².